The van der Waals surface area contributed by atoms with Crippen LogP contribution in [0.5, 0.6) is 0 Å². The van der Waals surface area contributed by atoms with Crippen LogP contribution in [0.1, 0.15) is 58.4 Å². The van der Waals surface area contributed by atoms with Crippen LogP contribution in [0.2, 0.25) is 0 Å². The topological polar surface area (TPSA) is 58.6 Å². The van der Waals surface area contributed by atoms with Crippen LogP contribution in [0.15, 0.2) is 30.3 Å². The summed E-state index contributed by atoms with van der Waals surface area (Å²) in [4.78, 5) is 26.5. The van der Waals surface area contributed by atoms with Crippen LogP contribution in [0.4, 0.5) is 4.79 Å². The van der Waals surface area contributed by atoms with Crippen molar-refractivity contribution in [2.24, 2.45) is 0 Å². The maximum absolute atomic E-state index is 12.8. The molecule has 1 fully saturated rings. The molecule has 1 N–H and O–H groups in total. The van der Waals surface area contributed by atoms with Gasteiger partial charge in [-0.25, -0.2) is 4.79 Å². The van der Waals surface area contributed by atoms with Crippen LogP contribution < -0.4 is 5.32 Å². The highest BCUT2D eigenvalue weighted by molar-refractivity contribution is 5.77. The van der Waals surface area contributed by atoms with E-state index in [0.29, 0.717) is 19.0 Å². The van der Waals surface area contributed by atoms with Gasteiger partial charge in [-0.2, -0.15) is 0 Å². The second kappa shape index (κ2) is 9.60. The van der Waals surface area contributed by atoms with Gasteiger partial charge in [-0.15, -0.1) is 0 Å². The highest BCUT2D eigenvalue weighted by Gasteiger charge is 2.26. The van der Waals surface area contributed by atoms with Crippen molar-refractivity contribution in [1.82, 2.24) is 10.2 Å². The Labute approximate surface area is 157 Å². The third kappa shape index (κ3) is 7.06. The quantitative estimate of drug-likeness (QED) is 0.802. The average Bonchev–Trinajstić information content (AvgIpc) is 3.08. The van der Waals surface area contributed by atoms with Gasteiger partial charge in [0.15, 0.2) is 0 Å². The molecule has 144 valence electrons. The number of nitrogens with zero attached hydrogens (tertiary/aromatic N) is 1. The van der Waals surface area contributed by atoms with Gasteiger partial charge in [0.1, 0.15) is 5.60 Å². The van der Waals surface area contributed by atoms with E-state index in [4.69, 9.17) is 4.74 Å². The molecule has 0 heterocycles. The summed E-state index contributed by atoms with van der Waals surface area (Å²) in [5.41, 5.74) is 0.717. The molecule has 0 bridgehead atoms. The molecule has 0 aliphatic heterocycles. The van der Waals surface area contributed by atoms with E-state index in [2.05, 4.69) is 17.4 Å². The van der Waals surface area contributed by atoms with E-state index < -0.39 is 11.7 Å². The van der Waals surface area contributed by atoms with Gasteiger partial charge in [0.2, 0.25) is 5.91 Å². The lowest BCUT2D eigenvalue weighted by Gasteiger charge is -2.29. The molecule has 0 spiro atoms. The van der Waals surface area contributed by atoms with Crippen molar-refractivity contribution in [1.29, 1.82) is 0 Å². The van der Waals surface area contributed by atoms with Gasteiger partial charge in [0.25, 0.3) is 0 Å². The van der Waals surface area contributed by atoms with E-state index in [0.717, 1.165) is 25.8 Å². The lowest BCUT2D eigenvalue weighted by atomic mass is 10.1. The Morgan fingerprint density at radius 2 is 1.81 bits per heavy atom. The molecule has 0 unspecified atom stereocenters. The fourth-order valence-electron chi connectivity index (χ4n) is 3.35. The minimum atomic E-state index is -0.528. The van der Waals surface area contributed by atoms with E-state index in [1.54, 1.807) is 0 Å². The molecule has 1 saturated carbocycles. The lowest BCUT2D eigenvalue weighted by Crippen LogP contribution is -2.42. The van der Waals surface area contributed by atoms with Gasteiger partial charge in [-0.05, 0) is 45.6 Å². The number of amides is 2. The number of nitrogens with one attached hydrogen (secondary N) is 1. The SMILES string of the molecule is CC(C)(C)OC(=O)NCCC(=O)N(CCc1ccccc1)C1CCCC1. The summed E-state index contributed by atoms with van der Waals surface area (Å²) in [7, 11) is 0. The predicted octanol–water partition coefficient (Wildman–Crippen LogP) is 3.92. The zero-order valence-corrected chi connectivity index (χ0v) is 16.3. The molecular formula is C21H32N2O3. The minimum Gasteiger partial charge on any atom is -0.444 e. The molecule has 26 heavy (non-hydrogen) atoms. The second-order valence-corrected chi connectivity index (χ2v) is 7.94. The third-order valence-corrected chi connectivity index (χ3v) is 4.58. The Kier molecular flexibility index (Phi) is 7.49. The largest absolute Gasteiger partial charge is 0.444 e. The zero-order valence-electron chi connectivity index (χ0n) is 16.3. The van der Waals surface area contributed by atoms with Crippen molar-refractivity contribution in [3.8, 4) is 0 Å². The molecule has 1 aliphatic rings. The number of benzene rings is 1. The first-order chi connectivity index (χ1) is 12.3. The second-order valence-electron chi connectivity index (χ2n) is 7.94. The molecule has 1 aliphatic carbocycles. The van der Waals surface area contributed by atoms with Crippen LogP contribution in [0.3, 0.4) is 0 Å². The number of hydrogen-bond acceptors (Lipinski definition) is 3. The Bertz CT molecular complexity index is 575. The maximum atomic E-state index is 12.8. The minimum absolute atomic E-state index is 0.115. The Morgan fingerprint density at radius 3 is 2.42 bits per heavy atom. The fourth-order valence-corrected chi connectivity index (χ4v) is 3.35. The van der Waals surface area contributed by atoms with E-state index in [1.165, 1.54) is 18.4 Å². The predicted molar refractivity (Wildman–Crippen MR) is 103 cm³/mol. The van der Waals surface area contributed by atoms with E-state index in [9.17, 15) is 9.59 Å². The Balaban J connectivity index is 1.84. The molecule has 2 amide bonds. The van der Waals surface area contributed by atoms with Crippen molar-refractivity contribution in [2.75, 3.05) is 13.1 Å². The van der Waals surface area contributed by atoms with Crippen molar-refractivity contribution >= 4 is 12.0 Å². The van der Waals surface area contributed by atoms with Crippen LogP contribution in [-0.4, -0.2) is 41.6 Å². The van der Waals surface area contributed by atoms with E-state index in [1.807, 2.05) is 43.9 Å². The Morgan fingerprint density at radius 1 is 1.15 bits per heavy atom. The third-order valence-electron chi connectivity index (χ3n) is 4.58. The summed E-state index contributed by atoms with van der Waals surface area (Å²) in [6, 6.07) is 10.6. The maximum Gasteiger partial charge on any atom is 0.407 e. The molecule has 0 saturated heterocycles. The summed E-state index contributed by atoms with van der Waals surface area (Å²) in [5, 5.41) is 2.68. The van der Waals surface area contributed by atoms with Crippen LogP contribution >= 0.6 is 0 Å². The number of carbonyl (C=O) groups excluding carboxylic acids is 2. The first-order valence-electron chi connectivity index (χ1n) is 9.65. The van der Waals surface area contributed by atoms with Gasteiger partial charge in [-0.1, -0.05) is 43.2 Å². The van der Waals surface area contributed by atoms with Gasteiger partial charge in [0.05, 0.1) is 0 Å². The molecule has 0 atom stereocenters. The van der Waals surface area contributed by atoms with Gasteiger partial charge in [-0.3, -0.25) is 4.79 Å². The van der Waals surface area contributed by atoms with E-state index >= 15 is 0 Å². The summed E-state index contributed by atoms with van der Waals surface area (Å²) in [6.45, 7) is 6.51. The Hall–Kier alpha value is -2.04. The monoisotopic (exact) mass is 360 g/mol. The lowest BCUT2D eigenvalue weighted by molar-refractivity contribution is -0.133. The molecule has 5 heteroatoms. The summed E-state index contributed by atoms with van der Waals surface area (Å²) >= 11 is 0. The fraction of sp³-hybridized carbons (Fsp3) is 0.619. The van der Waals surface area contributed by atoms with Crippen molar-refractivity contribution in [3.05, 3.63) is 35.9 Å². The first kappa shape index (κ1) is 20.3. The van der Waals surface area contributed by atoms with Crippen molar-refractivity contribution in [2.45, 2.75) is 70.9 Å². The molecular weight excluding hydrogens is 328 g/mol. The normalized spacial score (nSPS) is 14.9. The zero-order chi connectivity index (χ0) is 19.0. The standard InChI is InChI=1S/C21H32N2O3/c1-21(2,3)26-20(25)22-15-13-19(24)23(18-11-7-8-12-18)16-14-17-9-5-4-6-10-17/h4-6,9-10,18H,7-8,11-16H2,1-3H3,(H,22,25). The number of ether oxygens (including phenoxy) is 1. The van der Waals surface area contributed by atoms with E-state index in [-0.39, 0.29) is 5.91 Å². The molecule has 0 radical (unpaired) electrons. The highest BCUT2D eigenvalue weighted by atomic mass is 16.6. The first-order valence-corrected chi connectivity index (χ1v) is 9.65. The van der Waals surface area contributed by atoms with Crippen molar-refractivity contribution in [3.63, 3.8) is 0 Å². The summed E-state index contributed by atoms with van der Waals surface area (Å²) < 4.78 is 5.21. The smallest absolute Gasteiger partial charge is 0.407 e. The van der Waals surface area contributed by atoms with Gasteiger partial charge >= 0.3 is 6.09 Å². The molecule has 1 aromatic rings. The molecule has 2 rings (SSSR count). The van der Waals surface area contributed by atoms with Crippen LogP contribution in [0.25, 0.3) is 0 Å². The van der Waals surface area contributed by atoms with Crippen LogP contribution in [0, 0.1) is 0 Å². The van der Waals surface area contributed by atoms with Crippen LogP contribution in [-0.2, 0) is 16.0 Å². The number of carbonyl (C=O) groups is 2. The van der Waals surface area contributed by atoms with Gasteiger partial charge < -0.3 is 15.0 Å². The van der Waals surface area contributed by atoms with Crippen molar-refractivity contribution < 1.29 is 14.3 Å². The summed E-state index contributed by atoms with van der Waals surface area (Å²) in [5.74, 6) is 0.115. The molecule has 5 nitrogen and oxygen atoms in total. The highest BCUT2D eigenvalue weighted by Crippen LogP contribution is 2.24. The molecule has 0 aromatic heterocycles. The average molecular weight is 360 g/mol. The summed E-state index contributed by atoms with van der Waals surface area (Å²) in [6.07, 6.45) is 5.25. The van der Waals surface area contributed by atoms with Gasteiger partial charge in [0, 0.05) is 25.6 Å². The number of rotatable bonds is 7. The number of alkyl carbamates (subject to hydrolysis) is 1. The number of hydrogen-bond donors (Lipinski definition) is 1. The molecule has 1 aromatic carbocycles.